The Hall–Kier alpha value is -1.10. The number of carbonyl (C=O) groups is 1. The van der Waals surface area contributed by atoms with Gasteiger partial charge >= 0.3 is 5.97 Å². The number of hydrogen-bond donors (Lipinski definition) is 1. The van der Waals surface area contributed by atoms with Crippen molar-refractivity contribution in [2.75, 3.05) is 0 Å². The van der Waals surface area contributed by atoms with Gasteiger partial charge in [-0.15, -0.1) is 0 Å². The van der Waals surface area contributed by atoms with Crippen molar-refractivity contribution in [3.05, 3.63) is 23.3 Å². The Kier molecular flexibility index (Phi) is 4.08. The fourth-order valence-corrected chi connectivity index (χ4v) is 1.66. The first-order valence-electron chi connectivity index (χ1n) is 4.68. The van der Waals surface area contributed by atoms with Crippen LogP contribution in [-0.2, 0) is 5.75 Å². The average molecular weight is 226 g/mol. The second-order valence-electron chi connectivity index (χ2n) is 3.45. The molecule has 0 unspecified atom stereocenters. The van der Waals surface area contributed by atoms with Gasteiger partial charge in [0.15, 0.2) is 0 Å². The largest absolute Gasteiger partial charge is 0.478 e. The third-order valence-corrected chi connectivity index (χ3v) is 2.90. The predicted molar refractivity (Wildman–Crippen MR) is 60.2 cm³/mol. The van der Waals surface area contributed by atoms with Crippen LogP contribution in [0.2, 0.25) is 0 Å². The van der Waals surface area contributed by atoms with E-state index in [9.17, 15) is 4.79 Å². The quantitative estimate of drug-likeness (QED) is 0.852. The molecule has 1 N–H and O–H groups in total. The predicted octanol–water partition coefficient (Wildman–Crippen LogP) is 2.12. The summed E-state index contributed by atoms with van der Waals surface area (Å²) in [4.78, 5) is 18.9. The van der Waals surface area contributed by atoms with E-state index >= 15 is 0 Å². The Morgan fingerprint density at radius 2 is 2.27 bits per heavy atom. The van der Waals surface area contributed by atoms with Crippen molar-refractivity contribution >= 4 is 17.7 Å². The first kappa shape index (κ1) is 12.0. The van der Waals surface area contributed by atoms with Gasteiger partial charge in [-0.25, -0.2) is 14.8 Å². The van der Waals surface area contributed by atoms with E-state index in [4.69, 9.17) is 5.11 Å². The van der Waals surface area contributed by atoms with E-state index in [0.29, 0.717) is 16.8 Å². The van der Waals surface area contributed by atoms with Crippen LogP contribution in [0.15, 0.2) is 6.20 Å². The van der Waals surface area contributed by atoms with Crippen LogP contribution in [0.1, 0.15) is 35.7 Å². The Labute approximate surface area is 93.1 Å². The van der Waals surface area contributed by atoms with E-state index in [0.717, 1.165) is 5.75 Å². The number of aryl methyl sites for hydroxylation is 1. The minimum Gasteiger partial charge on any atom is -0.478 e. The molecule has 0 spiro atoms. The van der Waals surface area contributed by atoms with E-state index < -0.39 is 5.97 Å². The number of carboxylic acid groups (broad SMARTS) is 1. The summed E-state index contributed by atoms with van der Waals surface area (Å²) in [5.74, 6) is 0.435. The van der Waals surface area contributed by atoms with Gasteiger partial charge in [0.2, 0.25) is 0 Å². The Morgan fingerprint density at radius 1 is 1.60 bits per heavy atom. The van der Waals surface area contributed by atoms with Gasteiger partial charge in [-0.3, -0.25) is 0 Å². The molecule has 0 amide bonds. The zero-order valence-corrected chi connectivity index (χ0v) is 9.84. The molecule has 0 bridgehead atoms. The number of thioether (sulfide) groups is 1. The van der Waals surface area contributed by atoms with Crippen LogP contribution in [0.4, 0.5) is 0 Å². The minimum atomic E-state index is -0.976. The number of aromatic carboxylic acids is 1. The minimum absolute atomic E-state index is 0.174. The zero-order valence-electron chi connectivity index (χ0n) is 9.02. The molecule has 1 aromatic rings. The Balaban J connectivity index is 2.78. The smallest absolute Gasteiger partial charge is 0.339 e. The van der Waals surface area contributed by atoms with Gasteiger partial charge in [0.25, 0.3) is 0 Å². The summed E-state index contributed by atoms with van der Waals surface area (Å²) in [6.07, 6.45) is 1.38. The lowest BCUT2D eigenvalue weighted by molar-refractivity contribution is 0.0695. The molecule has 0 aliphatic carbocycles. The van der Waals surface area contributed by atoms with E-state index in [2.05, 4.69) is 23.8 Å². The normalized spacial score (nSPS) is 10.7. The molecule has 82 valence electrons. The molecule has 0 radical (unpaired) electrons. The first-order valence-corrected chi connectivity index (χ1v) is 5.73. The van der Waals surface area contributed by atoms with Crippen molar-refractivity contribution in [1.29, 1.82) is 0 Å². The maximum atomic E-state index is 10.7. The highest BCUT2D eigenvalue weighted by atomic mass is 32.2. The third kappa shape index (κ3) is 3.51. The molecule has 1 heterocycles. The molecular weight excluding hydrogens is 212 g/mol. The first-order chi connectivity index (χ1) is 7.00. The molecular formula is C10H14N2O2S. The molecule has 5 heteroatoms. The standard InChI is InChI=1S/C10H14N2O2S/c1-6(2)15-5-9-11-4-8(10(13)14)7(3)12-9/h4,6H,5H2,1-3H3,(H,13,14). The second-order valence-corrected chi connectivity index (χ2v) is 5.02. The van der Waals surface area contributed by atoms with Crippen LogP contribution in [0.3, 0.4) is 0 Å². The van der Waals surface area contributed by atoms with Gasteiger partial charge in [-0.1, -0.05) is 13.8 Å². The van der Waals surface area contributed by atoms with Crippen molar-refractivity contribution in [3.8, 4) is 0 Å². The SMILES string of the molecule is Cc1nc(CSC(C)C)ncc1C(=O)O. The summed E-state index contributed by atoms with van der Waals surface area (Å²) >= 11 is 1.73. The summed E-state index contributed by atoms with van der Waals surface area (Å²) in [6, 6.07) is 0. The molecule has 4 nitrogen and oxygen atoms in total. The topological polar surface area (TPSA) is 63.1 Å². The second kappa shape index (κ2) is 5.11. The van der Waals surface area contributed by atoms with Crippen molar-refractivity contribution in [3.63, 3.8) is 0 Å². The van der Waals surface area contributed by atoms with Crippen LogP contribution >= 0.6 is 11.8 Å². The lowest BCUT2D eigenvalue weighted by Crippen LogP contribution is -2.06. The van der Waals surface area contributed by atoms with Gasteiger partial charge in [-0.2, -0.15) is 11.8 Å². The average Bonchev–Trinajstić information content (AvgIpc) is 2.14. The summed E-state index contributed by atoms with van der Waals surface area (Å²) in [5, 5.41) is 9.31. The molecule has 0 fully saturated rings. The molecule has 0 aliphatic heterocycles. The van der Waals surface area contributed by atoms with E-state index in [1.54, 1.807) is 18.7 Å². The highest BCUT2D eigenvalue weighted by molar-refractivity contribution is 7.99. The highest BCUT2D eigenvalue weighted by Crippen LogP contribution is 2.15. The van der Waals surface area contributed by atoms with E-state index in [1.807, 2.05) is 0 Å². The van der Waals surface area contributed by atoms with Crippen LogP contribution in [0.5, 0.6) is 0 Å². The molecule has 0 aliphatic rings. The van der Waals surface area contributed by atoms with E-state index in [-0.39, 0.29) is 5.56 Å². The number of aromatic nitrogens is 2. The highest BCUT2D eigenvalue weighted by Gasteiger charge is 2.09. The molecule has 1 aromatic heterocycles. The number of nitrogens with zero attached hydrogens (tertiary/aromatic N) is 2. The van der Waals surface area contributed by atoms with Crippen LogP contribution in [0.25, 0.3) is 0 Å². The van der Waals surface area contributed by atoms with Crippen molar-refractivity contribution in [1.82, 2.24) is 9.97 Å². The maximum absolute atomic E-state index is 10.7. The van der Waals surface area contributed by atoms with Crippen LogP contribution in [0, 0.1) is 6.92 Å². The molecule has 1 rings (SSSR count). The Morgan fingerprint density at radius 3 is 2.73 bits per heavy atom. The molecule has 0 atom stereocenters. The summed E-state index contributed by atoms with van der Waals surface area (Å²) < 4.78 is 0. The van der Waals surface area contributed by atoms with Crippen molar-refractivity contribution < 1.29 is 9.90 Å². The van der Waals surface area contributed by atoms with Crippen molar-refractivity contribution in [2.24, 2.45) is 0 Å². The molecule has 0 saturated heterocycles. The summed E-state index contributed by atoms with van der Waals surface area (Å²) in [7, 11) is 0. The lowest BCUT2D eigenvalue weighted by Gasteiger charge is -2.05. The summed E-state index contributed by atoms with van der Waals surface area (Å²) in [6.45, 7) is 5.89. The third-order valence-electron chi connectivity index (χ3n) is 1.81. The van der Waals surface area contributed by atoms with Gasteiger partial charge in [0.05, 0.1) is 17.0 Å². The summed E-state index contributed by atoms with van der Waals surface area (Å²) in [5.41, 5.74) is 0.699. The lowest BCUT2D eigenvalue weighted by atomic mass is 10.2. The fraction of sp³-hybridized carbons (Fsp3) is 0.500. The van der Waals surface area contributed by atoms with Gasteiger partial charge in [-0.05, 0) is 12.2 Å². The monoisotopic (exact) mass is 226 g/mol. The number of hydrogen-bond acceptors (Lipinski definition) is 4. The maximum Gasteiger partial charge on any atom is 0.339 e. The van der Waals surface area contributed by atoms with Crippen LogP contribution < -0.4 is 0 Å². The zero-order chi connectivity index (χ0) is 11.4. The Bertz CT molecular complexity index is 366. The number of carboxylic acids is 1. The van der Waals surface area contributed by atoms with E-state index in [1.165, 1.54) is 6.20 Å². The van der Waals surface area contributed by atoms with Gasteiger partial charge < -0.3 is 5.11 Å². The van der Waals surface area contributed by atoms with Gasteiger partial charge in [0, 0.05) is 6.20 Å². The molecule has 15 heavy (non-hydrogen) atoms. The number of rotatable bonds is 4. The fourth-order valence-electron chi connectivity index (χ4n) is 1.04. The molecule has 0 aromatic carbocycles. The van der Waals surface area contributed by atoms with Crippen LogP contribution in [-0.4, -0.2) is 26.3 Å². The molecule has 0 saturated carbocycles. The van der Waals surface area contributed by atoms with Crippen molar-refractivity contribution in [2.45, 2.75) is 31.8 Å². The van der Waals surface area contributed by atoms with Gasteiger partial charge in [0.1, 0.15) is 5.82 Å².